The minimum absolute atomic E-state index is 0.252. The van der Waals surface area contributed by atoms with E-state index in [9.17, 15) is 0 Å². The van der Waals surface area contributed by atoms with Gasteiger partial charge in [0.1, 0.15) is 0 Å². The van der Waals surface area contributed by atoms with Crippen molar-refractivity contribution in [3.63, 3.8) is 0 Å². The average Bonchev–Trinajstić information content (AvgIpc) is 2.38. The molecule has 0 aliphatic carbocycles. The van der Waals surface area contributed by atoms with Gasteiger partial charge in [0, 0.05) is 27.3 Å². The van der Waals surface area contributed by atoms with Gasteiger partial charge in [0.15, 0.2) is 0 Å². The zero-order valence-corrected chi connectivity index (χ0v) is 14.4. The van der Waals surface area contributed by atoms with Gasteiger partial charge >= 0.3 is 0 Å². The number of rotatable bonds is 8. The molecule has 2 unspecified atom stereocenters. The molecule has 0 fully saturated rings. The predicted octanol–water partition coefficient (Wildman–Crippen LogP) is 4.37. The minimum Gasteiger partial charge on any atom is -0.396 e. The molecule has 108 valence electrons. The van der Waals surface area contributed by atoms with Crippen LogP contribution in [0, 0.1) is 0 Å². The van der Waals surface area contributed by atoms with Crippen LogP contribution < -0.4 is 5.32 Å². The molecule has 2 nitrogen and oxygen atoms in total. The Hall–Kier alpha value is -0.0300. The summed E-state index contributed by atoms with van der Waals surface area (Å²) in [4.78, 5) is 1.24. The monoisotopic (exact) mass is 345 g/mol. The van der Waals surface area contributed by atoms with Crippen LogP contribution in [-0.4, -0.2) is 23.5 Å². The van der Waals surface area contributed by atoms with Gasteiger partial charge in [0.05, 0.1) is 0 Å². The fourth-order valence-electron chi connectivity index (χ4n) is 1.82. The summed E-state index contributed by atoms with van der Waals surface area (Å²) in [6, 6.07) is 6.93. The maximum absolute atomic E-state index is 8.95. The Morgan fingerprint density at radius 1 is 1.37 bits per heavy atom. The molecule has 1 aromatic carbocycles. The summed E-state index contributed by atoms with van der Waals surface area (Å²) < 4.78 is 1.14. The summed E-state index contributed by atoms with van der Waals surface area (Å²) in [5.41, 5.74) is 1.31. The van der Waals surface area contributed by atoms with Crippen molar-refractivity contribution in [1.29, 1.82) is 0 Å². The van der Waals surface area contributed by atoms with Gasteiger partial charge in [-0.25, -0.2) is 0 Å². The number of halogens is 1. The number of benzene rings is 1. The molecule has 1 aromatic rings. The van der Waals surface area contributed by atoms with Crippen LogP contribution in [0.5, 0.6) is 0 Å². The lowest BCUT2D eigenvalue weighted by molar-refractivity contribution is 0.289. The van der Waals surface area contributed by atoms with Crippen LogP contribution in [0.25, 0.3) is 0 Å². The van der Waals surface area contributed by atoms with Gasteiger partial charge in [-0.2, -0.15) is 0 Å². The average molecular weight is 346 g/mol. The molecule has 2 N–H and O–H groups in total. The first kappa shape index (κ1) is 17.0. The highest BCUT2D eigenvalue weighted by atomic mass is 79.9. The molecular formula is C15H24BrNOS. The second-order valence-corrected chi connectivity index (χ2v) is 7.14. The maximum Gasteiger partial charge on any atom is 0.0441 e. The van der Waals surface area contributed by atoms with Gasteiger partial charge in [-0.05, 0) is 59.9 Å². The summed E-state index contributed by atoms with van der Waals surface area (Å²) in [6.07, 6.45) is 1.98. The van der Waals surface area contributed by atoms with Crippen LogP contribution in [0.3, 0.4) is 0 Å². The first-order valence-electron chi connectivity index (χ1n) is 6.88. The highest BCUT2D eigenvalue weighted by Crippen LogP contribution is 2.33. The molecule has 0 amide bonds. The lowest BCUT2D eigenvalue weighted by Crippen LogP contribution is -2.19. The Morgan fingerprint density at radius 2 is 2.11 bits per heavy atom. The first-order chi connectivity index (χ1) is 9.08. The van der Waals surface area contributed by atoms with Gasteiger partial charge in [-0.1, -0.05) is 19.9 Å². The van der Waals surface area contributed by atoms with E-state index in [4.69, 9.17) is 5.11 Å². The van der Waals surface area contributed by atoms with Crippen LogP contribution in [-0.2, 0) is 0 Å². The number of nitrogens with one attached hydrogen (secondary N) is 1. The molecule has 0 saturated carbocycles. The molecule has 0 aromatic heterocycles. The van der Waals surface area contributed by atoms with E-state index >= 15 is 0 Å². The van der Waals surface area contributed by atoms with Gasteiger partial charge in [-0.15, -0.1) is 11.8 Å². The Labute approximate surface area is 129 Å². The smallest absolute Gasteiger partial charge is 0.0441 e. The Bertz CT molecular complexity index is 386. The van der Waals surface area contributed by atoms with Gasteiger partial charge in [0.25, 0.3) is 0 Å². The van der Waals surface area contributed by atoms with Crippen LogP contribution in [0.4, 0.5) is 0 Å². The SMILES string of the molecule is CCCNC(C)c1ccc(SC(C)CCO)c(Br)c1. The highest BCUT2D eigenvalue weighted by molar-refractivity contribution is 9.10. The van der Waals surface area contributed by atoms with E-state index in [1.54, 1.807) is 11.8 Å². The van der Waals surface area contributed by atoms with E-state index in [-0.39, 0.29) is 6.61 Å². The van der Waals surface area contributed by atoms with Crippen molar-refractivity contribution in [2.24, 2.45) is 0 Å². The predicted molar refractivity (Wildman–Crippen MR) is 87.9 cm³/mol. The van der Waals surface area contributed by atoms with Crippen LogP contribution in [0.1, 0.15) is 45.2 Å². The molecule has 0 bridgehead atoms. The van der Waals surface area contributed by atoms with Crippen molar-refractivity contribution in [1.82, 2.24) is 5.32 Å². The normalized spacial score (nSPS) is 14.4. The molecule has 0 saturated heterocycles. The zero-order chi connectivity index (χ0) is 14.3. The molecule has 19 heavy (non-hydrogen) atoms. The molecular weight excluding hydrogens is 322 g/mol. The highest BCUT2D eigenvalue weighted by Gasteiger charge is 2.10. The molecule has 0 heterocycles. The quantitative estimate of drug-likeness (QED) is 0.686. The second kappa shape index (κ2) is 9.01. The standard InChI is InChI=1S/C15H24BrNOS/c1-4-8-17-12(3)13-5-6-15(14(16)10-13)19-11(2)7-9-18/h5-6,10-12,17-18H,4,7-9H2,1-3H3. The summed E-state index contributed by atoms with van der Waals surface area (Å²) in [7, 11) is 0. The number of aliphatic hydroxyl groups excluding tert-OH is 1. The fraction of sp³-hybridized carbons (Fsp3) is 0.600. The largest absolute Gasteiger partial charge is 0.396 e. The molecule has 0 aliphatic heterocycles. The third-order valence-electron chi connectivity index (χ3n) is 3.02. The van der Waals surface area contributed by atoms with Gasteiger partial charge < -0.3 is 10.4 Å². The Kier molecular flexibility index (Phi) is 8.07. The van der Waals surface area contributed by atoms with Crippen molar-refractivity contribution < 1.29 is 5.11 Å². The zero-order valence-electron chi connectivity index (χ0n) is 11.9. The summed E-state index contributed by atoms with van der Waals surface area (Å²) in [6.45, 7) is 7.81. The Morgan fingerprint density at radius 3 is 2.68 bits per heavy atom. The van der Waals surface area contributed by atoms with Crippen molar-refractivity contribution in [3.8, 4) is 0 Å². The number of hydrogen-bond acceptors (Lipinski definition) is 3. The van der Waals surface area contributed by atoms with E-state index in [2.05, 4.69) is 60.2 Å². The number of hydrogen-bond donors (Lipinski definition) is 2. The van der Waals surface area contributed by atoms with E-state index in [1.165, 1.54) is 10.5 Å². The van der Waals surface area contributed by atoms with Crippen LogP contribution >= 0.6 is 27.7 Å². The summed E-state index contributed by atoms with van der Waals surface area (Å²) in [5.74, 6) is 0. The van der Waals surface area contributed by atoms with Crippen molar-refractivity contribution in [3.05, 3.63) is 28.2 Å². The molecule has 0 spiro atoms. The molecule has 2 atom stereocenters. The molecule has 0 aliphatic rings. The van der Waals surface area contributed by atoms with Gasteiger partial charge in [-0.3, -0.25) is 0 Å². The summed E-state index contributed by atoms with van der Waals surface area (Å²) >= 11 is 5.46. The molecule has 4 heteroatoms. The minimum atomic E-state index is 0.252. The Balaban J connectivity index is 2.68. The van der Waals surface area contributed by atoms with Crippen molar-refractivity contribution in [2.75, 3.05) is 13.2 Å². The van der Waals surface area contributed by atoms with Crippen LogP contribution in [0.2, 0.25) is 0 Å². The van der Waals surface area contributed by atoms with E-state index in [0.717, 1.165) is 23.9 Å². The summed E-state index contributed by atoms with van der Waals surface area (Å²) in [5, 5.41) is 12.9. The second-order valence-electron chi connectivity index (χ2n) is 4.81. The third-order valence-corrected chi connectivity index (χ3v) is 5.19. The molecule has 0 radical (unpaired) electrons. The first-order valence-corrected chi connectivity index (χ1v) is 8.56. The van der Waals surface area contributed by atoms with Gasteiger partial charge in [0.2, 0.25) is 0 Å². The lowest BCUT2D eigenvalue weighted by Gasteiger charge is -2.16. The maximum atomic E-state index is 8.95. The fourth-order valence-corrected chi connectivity index (χ4v) is 3.47. The van der Waals surface area contributed by atoms with Crippen LogP contribution in [0.15, 0.2) is 27.6 Å². The van der Waals surface area contributed by atoms with E-state index < -0.39 is 0 Å². The molecule has 1 rings (SSSR count). The van der Waals surface area contributed by atoms with E-state index in [1.807, 2.05) is 0 Å². The van der Waals surface area contributed by atoms with Crippen molar-refractivity contribution >= 4 is 27.7 Å². The van der Waals surface area contributed by atoms with Crippen molar-refractivity contribution in [2.45, 2.75) is 49.8 Å². The topological polar surface area (TPSA) is 32.3 Å². The number of aliphatic hydroxyl groups is 1. The number of thioether (sulfide) groups is 1. The lowest BCUT2D eigenvalue weighted by atomic mass is 10.1. The third kappa shape index (κ3) is 5.86. The van der Waals surface area contributed by atoms with E-state index in [0.29, 0.717) is 11.3 Å².